The number of rotatable bonds is 6. The van der Waals surface area contributed by atoms with Crippen molar-refractivity contribution in [3.05, 3.63) is 59.2 Å². The summed E-state index contributed by atoms with van der Waals surface area (Å²) in [5, 5.41) is 0. The Kier molecular flexibility index (Phi) is 6.21. The largest absolute Gasteiger partial charge is 0.315 e. The second kappa shape index (κ2) is 8.01. The van der Waals surface area contributed by atoms with Crippen molar-refractivity contribution in [2.75, 3.05) is 26.0 Å². The van der Waals surface area contributed by atoms with Gasteiger partial charge in [0, 0.05) is 33.3 Å². The molecule has 0 atom stereocenters. The van der Waals surface area contributed by atoms with Crippen LogP contribution in [0.3, 0.4) is 0 Å². The van der Waals surface area contributed by atoms with E-state index in [-0.39, 0.29) is 10.8 Å². The fraction of sp³-hybridized carbons (Fsp3) is 0.350. The van der Waals surface area contributed by atoms with Gasteiger partial charge < -0.3 is 4.90 Å². The van der Waals surface area contributed by atoms with Crippen molar-refractivity contribution < 1.29 is 13.2 Å². The predicted octanol–water partition coefficient (Wildman–Crippen LogP) is 3.15. The first-order valence-electron chi connectivity index (χ1n) is 8.48. The summed E-state index contributed by atoms with van der Waals surface area (Å²) in [5.41, 5.74) is 4.16. The van der Waals surface area contributed by atoms with Crippen LogP contribution in [0.2, 0.25) is 0 Å². The number of hydrogen-bond donors (Lipinski definition) is 0. The SMILES string of the molecule is Cc1ccc(N(C)C(=O)CCc2ccc(S(=O)(=O)N(C)C)cc2)cc1C. The van der Waals surface area contributed by atoms with Gasteiger partial charge in [0.2, 0.25) is 15.9 Å². The predicted molar refractivity (Wildman–Crippen MR) is 105 cm³/mol. The fourth-order valence-corrected chi connectivity index (χ4v) is 3.44. The van der Waals surface area contributed by atoms with Crippen molar-refractivity contribution in [1.29, 1.82) is 0 Å². The van der Waals surface area contributed by atoms with Gasteiger partial charge in [-0.15, -0.1) is 0 Å². The van der Waals surface area contributed by atoms with Crippen molar-refractivity contribution in [3.8, 4) is 0 Å². The smallest absolute Gasteiger partial charge is 0.242 e. The molecule has 0 heterocycles. The molecule has 0 radical (unpaired) electrons. The van der Waals surface area contributed by atoms with E-state index >= 15 is 0 Å². The van der Waals surface area contributed by atoms with Crippen LogP contribution in [-0.4, -0.2) is 39.8 Å². The summed E-state index contributed by atoms with van der Waals surface area (Å²) >= 11 is 0. The third-order valence-electron chi connectivity index (χ3n) is 4.58. The van der Waals surface area contributed by atoms with E-state index in [0.717, 1.165) is 16.8 Å². The van der Waals surface area contributed by atoms with Gasteiger partial charge in [-0.25, -0.2) is 12.7 Å². The van der Waals surface area contributed by atoms with Crippen LogP contribution in [0.4, 0.5) is 5.69 Å². The van der Waals surface area contributed by atoms with Crippen molar-refractivity contribution >= 4 is 21.6 Å². The average molecular weight is 375 g/mol. The number of anilines is 1. The third-order valence-corrected chi connectivity index (χ3v) is 6.41. The summed E-state index contributed by atoms with van der Waals surface area (Å²) in [4.78, 5) is 14.4. The zero-order valence-corrected chi connectivity index (χ0v) is 16.8. The molecule has 0 aliphatic heterocycles. The number of carbonyl (C=O) groups excluding carboxylic acids is 1. The Morgan fingerprint density at radius 3 is 2.08 bits per heavy atom. The van der Waals surface area contributed by atoms with Crippen LogP contribution in [0.15, 0.2) is 47.4 Å². The molecule has 2 aromatic rings. The summed E-state index contributed by atoms with van der Waals surface area (Å²) in [7, 11) is 1.36. The first kappa shape index (κ1) is 20.1. The standard InChI is InChI=1S/C20H26N2O3S/c1-15-6-10-18(14-16(15)2)22(5)20(23)13-9-17-7-11-19(12-8-17)26(24,25)21(3)4/h6-8,10-12,14H,9,13H2,1-5H3. The minimum absolute atomic E-state index is 0.0262. The van der Waals surface area contributed by atoms with Gasteiger partial charge in [-0.3, -0.25) is 4.79 Å². The quantitative estimate of drug-likeness (QED) is 0.780. The molecule has 0 unspecified atom stereocenters. The molecule has 6 heteroatoms. The number of hydrogen-bond acceptors (Lipinski definition) is 3. The van der Waals surface area contributed by atoms with Gasteiger partial charge in [0.25, 0.3) is 0 Å². The van der Waals surface area contributed by atoms with Crippen LogP contribution in [0.25, 0.3) is 0 Å². The van der Waals surface area contributed by atoms with E-state index in [0.29, 0.717) is 12.8 Å². The molecule has 0 aliphatic carbocycles. The van der Waals surface area contributed by atoms with E-state index in [1.807, 2.05) is 32.0 Å². The molecule has 1 amide bonds. The molecule has 5 nitrogen and oxygen atoms in total. The normalized spacial score (nSPS) is 11.6. The summed E-state index contributed by atoms with van der Waals surface area (Å²) in [5.74, 6) is 0.0262. The lowest BCUT2D eigenvalue weighted by Gasteiger charge is -2.18. The number of amides is 1. The van der Waals surface area contributed by atoms with E-state index in [4.69, 9.17) is 0 Å². The van der Waals surface area contributed by atoms with Crippen molar-refractivity contribution in [2.45, 2.75) is 31.6 Å². The maximum absolute atomic E-state index is 12.5. The molecule has 0 spiro atoms. The highest BCUT2D eigenvalue weighted by molar-refractivity contribution is 7.89. The Morgan fingerprint density at radius 1 is 0.923 bits per heavy atom. The van der Waals surface area contributed by atoms with E-state index in [9.17, 15) is 13.2 Å². The monoisotopic (exact) mass is 374 g/mol. The van der Waals surface area contributed by atoms with Crippen molar-refractivity contribution in [1.82, 2.24) is 4.31 Å². The summed E-state index contributed by atoms with van der Waals surface area (Å²) < 4.78 is 25.3. The van der Waals surface area contributed by atoms with Crippen LogP contribution in [0.1, 0.15) is 23.1 Å². The summed E-state index contributed by atoms with van der Waals surface area (Å²) in [6.07, 6.45) is 0.930. The second-order valence-electron chi connectivity index (χ2n) is 6.65. The fourth-order valence-electron chi connectivity index (χ4n) is 2.54. The summed E-state index contributed by atoms with van der Waals surface area (Å²) in [6, 6.07) is 12.7. The van der Waals surface area contributed by atoms with Crippen LogP contribution in [-0.2, 0) is 21.2 Å². The number of sulfonamides is 1. The molecular formula is C20H26N2O3S. The topological polar surface area (TPSA) is 57.7 Å². The average Bonchev–Trinajstić information content (AvgIpc) is 2.61. The Bertz CT molecular complexity index is 888. The lowest BCUT2D eigenvalue weighted by Crippen LogP contribution is -2.26. The lowest BCUT2D eigenvalue weighted by molar-refractivity contribution is -0.118. The zero-order valence-electron chi connectivity index (χ0n) is 16.0. The van der Waals surface area contributed by atoms with E-state index < -0.39 is 10.0 Å². The number of carbonyl (C=O) groups is 1. The molecule has 0 aromatic heterocycles. The van der Waals surface area contributed by atoms with E-state index in [1.165, 1.54) is 24.0 Å². The minimum Gasteiger partial charge on any atom is -0.315 e. The van der Waals surface area contributed by atoms with Crippen LogP contribution >= 0.6 is 0 Å². The third kappa shape index (κ3) is 4.51. The van der Waals surface area contributed by atoms with Crippen LogP contribution < -0.4 is 4.90 Å². The van der Waals surface area contributed by atoms with Gasteiger partial charge >= 0.3 is 0 Å². The Hall–Kier alpha value is -2.18. The molecule has 0 fully saturated rings. The van der Waals surface area contributed by atoms with E-state index in [1.54, 1.807) is 36.2 Å². The first-order chi connectivity index (χ1) is 12.1. The Morgan fingerprint density at radius 2 is 1.54 bits per heavy atom. The first-order valence-corrected chi connectivity index (χ1v) is 9.92. The minimum atomic E-state index is -3.42. The van der Waals surface area contributed by atoms with Gasteiger partial charge in [-0.2, -0.15) is 0 Å². The highest BCUT2D eigenvalue weighted by atomic mass is 32.2. The molecule has 0 N–H and O–H groups in total. The van der Waals surface area contributed by atoms with Crippen LogP contribution in [0, 0.1) is 13.8 Å². The maximum Gasteiger partial charge on any atom is 0.242 e. The van der Waals surface area contributed by atoms with E-state index in [2.05, 4.69) is 0 Å². The number of aryl methyl sites for hydroxylation is 3. The molecule has 0 bridgehead atoms. The zero-order chi connectivity index (χ0) is 19.5. The molecule has 2 aromatic carbocycles. The number of nitrogens with zero attached hydrogens (tertiary/aromatic N) is 2. The molecule has 26 heavy (non-hydrogen) atoms. The van der Waals surface area contributed by atoms with Gasteiger partial charge in [0.1, 0.15) is 0 Å². The Balaban J connectivity index is 2.02. The molecule has 140 valence electrons. The highest BCUT2D eigenvalue weighted by Crippen LogP contribution is 2.19. The molecule has 2 rings (SSSR count). The molecular weight excluding hydrogens is 348 g/mol. The number of benzene rings is 2. The van der Waals surface area contributed by atoms with Gasteiger partial charge in [0.15, 0.2) is 0 Å². The lowest BCUT2D eigenvalue weighted by atomic mass is 10.1. The van der Waals surface area contributed by atoms with Crippen molar-refractivity contribution in [3.63, 3.8) is 0 Å². The summed E-state index contributed by atoms with van der Waals surface area (Å²) in [6.45, 7) is 4.07. The highest BCUT2D eigenvalue weighted by Gasteiger charge is 2.17. The molecule has 0 saturated carbocycles. The van der Waals surface area contributed by atoms with Gasteiger partial charge in [-0.05, 0) is 61.2 Å². The van der Waals surface area contributed by atoms with Gasteiger partial charge in [0.05, 0.1) is 4.90 Å². The van der Waals surface area contributed by atoms with Crippen molar-refractivity contribution in [2.24, 2.45) is 0 Å². The maximum atomic E-state index is 12.5. The molecule has 0 saturated heterocycles. The Labute approximate surface area is 156 Å². The second-order valence-corrected chi connectivity index (χ2v) is 8.80. The molecule has 0 aliphatic rings. The van der Waals surface area contributed by atoms with Gasteiger partial charge in [-0.1, -0.05) is 18.2 Å². The van der Waals surface area contributed by atoms with Crippen LogP contribution in [0.5, 0.6) is 0 Å².